The minimum absolute atomic E-state index is 0.165. The number of ether oxygens (including phenoxy) is 1. The zero-order valence-electron chi connectivity index (χ0n) is 12.3. The fourth-order valence-electron chi connectivity index (χ4n) is 1.78. The molecule has 0 saturated carbocycles. The Morgan fingerprint density at radius 1 is 1.18 bits per heavy atom. The number of amides is 1. The second kappa shape index (κ2) is 8.41. The number of hydrogen-bond acceptors (Lipinski definition) is 5. The van der Waals surface area contributed by atoms with Gasteiger partial charge in [0, 0.05) is 37.1 Å². The molecule has 2 rings (SSSR count). The summed E-state index contributed by atoms with van der Waals surface area (Å²) in [5.74, 6) is 1.11. The van der Waals surface area contributed by atoms with Gasteiger partial charge in [0.1, 0.15) is 5.75 Å². The second-order valence-electron chi connectivity index (χ2n) is 4.37. The van der Waals surface area contributed by atoms with Gasteiger partial charge in [0.25, 0.3) is 0 Å². The first-order chi connectivity index (χ1) is 10.8. The number of para-hydroxylation sites is 1. The lowest BCUT2D eigenvalue weighted by atomic mass is 10.2. The highest BCUT2D eigenvalue weighted by atomic mass is 16.5. The summed E-state index contributed by atoms with van der Waals surface area (Å²) in [5, 5.41) is 5.79. The highest BCUT2D eigenvalue weighted by Gasteiger charge is 1.99. The molecular formula is C16H18N4O2. The average Bonchev–Trinajstić information content (AvgIpc) is 2.58. The van der Waals surface area contributed by atoms with E-state index >= 15 is 0 Å². The van der Waals surface area contributed by atoms with E-state index in [0.717, 1.165) is 11.3 Å². The number of carbonyl (C=O) groups excluding carboxylic acids is 1. The molecule has 1 amide bonds. The van der Waals surface area contributed by atoms with E-state index in [1.54, 1.807) is 31.6 Å². The van der Waals surface area contributed by atoms with Crippen molar-refractivity contribution in [3.63, 3.8) is 0 Å². The van der Waals surface area contributed by atoms with Crippen LogP contribution in [0.15, 0.2) is 48.8 Å². The first-order valence-electron chi connectivity index (χ1n) is 6.89. The molecule has 0 unspecified atom stereocenters. The predicted molar refractivity (Wildman–Crippen MR) is 85.6 cm³/mol. The summed E-state index contributed by atoms with van der Waals surface area (Å²) in [5.41, 5.74) is 0.857. The fourth-order valence-corrected chi connectivity index (χ4v) is 1.78. The molecular weight excluding hydrogens is 280 g/mol. The van der Waals surface area contributed by atoms with Crippen molar-refractivity contribution in [2.45, 2.75) is 0 Å². The van der Waals surface area contributed by atoms with E-state index in [0.29, 0.717) is 19.0 Å². The van der Waals surface area contributed by atoms with Crippen molar-refractivity contribution < 1.29 is 9.53 Å². The van der Waals surface area contributed by atoms with E-state index in [2.05, 4.69) is 20.6 Å². The lowest BCUT2D eigenvalue weighted by Gasteiger charge is -2.05. The molecule has 0 aliphatic carbocycles. The van der Waals surface area contributed by atoms with Gasteiger partial charge < -0.3 is 15.4 Å². The molecule has 1 aromatic carbocycles. The van der Waals surface area contributed by atoms with Crippen LogP contribution in [0.25, 0.3) is 6.08 Å². The van der Waals surface area contributed by atoms with Crippen LogP contribution in [-0.4, -0.2) is 36.1 Å². The maximum absolute atomic E-state index is 11.7. The summed E-state index contributed by atoms with van der Waals surface area (Å²) in [6.07, 6.45) is 6.52. The quantitative estimate of drug-likeness (QED) is 0.601. The van der Waals surface area contributed by atoms with Gasteiger partial charge in [0.05, 0.1) is 7.11 Å². The molecule has 6 nitrogen and oxygen atoms in total. The Morgan fingerprint density at radius 3 is 2.73 bits per heavy atom. The van der Waals surface area contributed by atoms with Crippen LogP contribution in [0.3, 0.4) is 0 Å². The zero-order valence-corrected chi connectivity index (χ0v) is 12.3. The number of aromatic nitrogens is 2. The number of anilines is 1. The van der Waals surface area contributed by atoms with Crippen molar-refractivity contribution in [2.75, 3.05) is 25.5 Å². The number of nitrogens with one attached hydrogen (secondary N) is 2. The summed E-state index contributed by atoms with van der Waals surface area (Å²) in [4.78, 5) is 19.8. The Labute approximate surface area is 129 Å². The van der Waals surface area contributed by atoms with Crippen molar-refractivity contribution in [1.29, 1.82) is 0 Å². The molecule has 0 radical (unpaired) electrons. The molecule has 0 aliphatic heterocycles. The van der Waals surface area contributed by atoms with Crippen LogP contribution >= 0.6 is 0 Å². The van der Waals surface area contributed by atoms with Crippen molar-refractivity contribution in [1.82, 2.24) is 15.3 Å². The van der Waals surface area contributed by atoms with Crippen LogP contribution in [-0.2, 0) is 4.79 Å². The number of methoxy groups -OCH3 is 1. The number of hydrogen-bond donors (Lipinski definition) is 2. The largest absolute Gasteiger partial charge is 0.496 e. The average molecular weight is 298 g/mol. The highest BCUT2D eigenvalue weighted by molar-refractivity contribution is 5.92. The molecule has 2 N–H and O–H groups in total. The third kappa shape index (κ3) is 4.90. The van der Waals surface area contributed by atoms with Gasteiger partial charge in [-0.1, -0.05) is 18.2 Å². The van der Waals surface area contributed by atoms with E-state index in [1.165, 1.54) is 6.08 Å². The van der Waals surface area contributed by atoms with Gasteiger partial charge >= 0.3 is 0 Å². The maximum atomic E-state index is 11.7. The smallest absolute Gasteiger partial charge is 0.244 e. The molecule has 0 fully saturated rings. The fraction of sp³-hybridized carbons (Fsp3) is 0.188. The van der Waals surface area contributed by atoms with Gasteiger partial charge in [-0.2, -0.15) is 0 Å². The van der Waals surface area contributed by atoms with Crippen molar-refractivity contribution in [3.05, 3.63) is 54.4 Å². The van der Waals surface area contributed by atoms with Crippen LogP contribution < -0.4 is 15.4 Å². The van der Waals surface area contributed by atoms with Gasteiger partial charge in [0.2, 0.25) is 11.9 Å². The van der Waals surface area contributed by atoms with Crippen molar-refractivity contribution in [2.24, 2.45) is 0 Å². The molecule has 1 heterocycles. The van der Waals surface area contributed by atoms with Crippen LogP contribution in [0.2, 0.25) is 0 Å². The summed E-state index contributed by atoms with van der Waals surface area (Å²) >= 11 is 0. The van der Waals surface area contributed by atoms with E-state index < -0.39 is 0 Å². The molecule has 0 saturated heterocycles. The normalized spacial score (nSPS) is 10.4. The second-order valence-corrected chi connectivity index (χ2v) is 4.37. The minimum Gasteiger partial charge on any atom is -0.496 e. The maximum Gasteiger partial charge on any atom is 0.244 e. The molecule has 1 aromatic heterocycles. The molecule has 114 valence electrons. The van der Waals surface area contributed by atoms with Gasteiger partial charge in [-0.25, -0.2) is 9.97 Å². The highest BCUT2D eigenvalue weighted by Crippen LogP contribution is 2.18. The Hall–Kier alpha value is -2.89. The topological polar surface area (TPSA) is 76.1 Å². The summed E-state index contributed by atoms with van der Waals surface area (Å²) in [7, 11) is 1.60. The van der Waals surface area contributed by atoms with E-state index in [4.69, 9.17) is 4.74 Å². The minimum atomic E-state index is -0.165. The molecule has 22 heavy (non-hydrogen) atoms. The molecule has 0 spiro atoms. The van der Waals surface area contributed by atoms with Gasteiger partial charge in [-0.15, -0.1) is 0 Å². The third-order valence-corrected chi connectivity index (χ3v) is 2.83. The van der Waals surface area contributed by atoms with Crippen molar-refractivity contribution >= 4 is 17.9 Å². The third-order valence-electron chi connectivity index (χ3n) is 2.83. The van der Waals surface area contributed by atoms with E-state index in [-0.39, 0.29) is 5.91 Å². The molecule has 0 bridgehead atoms. The molecule has 2 aromatic rings. The van der Waals surface area contributed by atoms with Crippen LogP contribution in [0.5, 0.6) is 5.75 Å². The number of nitrogens with zero attached hydrogens (tertiary/aromatic N) is 2. The lowest BCUT2D eigenvalue weighted by molar-refractivity contribution is -0.116. The molecule has 6 heteroatoms. The number of rotatable bonds is 7. The predicted octanol–water partition coefficient (Wildman–Crippen LogP) is 1.73. The van der Waals surface area contributed by atoms with Crippen LogP contribution in [0, 0.1) is 0 Å². The van der Waals surface area contributed by atoms with Gasteiger partial charge in [-0.3, -0.25) is 4.79 Å². The van der Waals surface area contributed by atoms with Crippen molar-refractivity contribution in [3.8, 4) is 5.75 Å². The number of carbonyl (C=O) groups is 1. The molecule has 0 aliphatic rings. The van der Waals surface area contributed by atoms with Gasteiger partial charge in [-0.05, 0) is 18.2 Å². The van der Waals surface area contributed by atoms with Crippen LogP contribution in [0.1, 0.15) is 5.56 Å². The number of benzene rings is 1. The first kappa shape index (κ1) is 15.5. The van der Waals surface area contributed by atoms with Crippen LogP contribution in [0.4, 0.5) is 5.95 Å². The lowest BCUT2D eigenvalue weighted by Crippen LogP contribution is -2.27. The first-order valence-corrected chi connectivity index (χ1v) is 6.89. The monoisotopic (exact) mass is 298 g/mol. The Balaban J connectivity index is 1.75. The Kier molecular flexibility index (Phi) is 5.92. The molecule has 0 atom stereocenters. The summed E-state index contributed by atoms with van der Waals surface area (Å²) < 4.78 is 5.22. The summed E-state index contributed by atoms with van der Waals surface area (Å²) in [6, 6.07) is 9.26. The van der Waals surface area contributed by atoms with Gasteiger partial charge in [0.15, 0.2) is 0 Å². The summed E-state index contributed by atoms with van der Waals surface area (Å²) in [6.45, 7) is 1.03. The Morgan fingerprint density at radius 2 is 1.95 bits per heavy atom. The SMILES string of the molecule is COc1ccccc1/C=C\C(=O)NCCNc1ncccn1. The van der Waals surface area contributed by atoms with E-state index in [1.807, 2.05) is 24.3 Å². The van der Waals surface area contributed by atoms with E-state index in [9.17, 15) is 4.79 Å². The zero-order chi connectivity index (χ0) is 15.6. The Bertz CT molecular complexity index is 629. The standard InChI is InChI=1S/C16H18N4O2/c1-22-14-6-3-2-5-13(14)7-8-15(21)17-11-12-20-16-18-9-4-10-19-16/h2-10H,11-12H2,1H3,(H,17,21)(H,18,19,20)/b8-7-.